The van der Waals surface area contributed by atoms with Crippen LogP contribution in [0.25, 0.3) is 60.9 Å². The summed E-state index contributed by atoms with van der Waals surface area (Å²) in [6, 6.07) is 62.0. The van der Waals surface area contributed by atoms with Crippen molar-refractivity contribution in [3.63, 3.8) is 0 Å². The minimum absolute atomic E-state index is 0.0654. The summed E-state index contributed by atoms with van der Waals surface area (Å²) in [5, 5.41) is 2.61. The molecule has 0 aliphatic heterocycles. The molecule has 0 saturated carbocycles. The monoisotopic (exact) mass is 847 g/mol. The van der Waals surface area contributed by atoms with Gasteiger partial charge in [0.05, 0.1) is 5.69 Å². The smallest absolute Gasteiger partial charge is 0.0540 e. The minimum Gasteiger partial charge on any atom is -0.310 e. The molecular formula is C65H53N. The number of anilines is 3. The fraction of sp³-hybridized carbons (Fsp3) is 0.169. The van der Waals surface area contributed by atoms with Gasteiger partial charge in [-0.15, -0.1) is 0 Å². The maximum atomic E-state index is 2.60. The molecule has 8 aromatic rings. The summed E-state index contributed by atoms with van der Waals surface area (Å²) >= 11 is 0. The topological polar surface area (TPSA) is 3.24 Å². The van der Waals surface area contributed by atoms with Crippen LogP contribution in [-0.2, 0) is 16.2 Å². The lowest BCUT2D eigenvalue weighted by molar-refractivity contribution is 0.644. The van der Waals surface area contributed by atoms with Gasteiger partial charge >= 0.3 is 0 Å². The Bertz CT molecular complexity index is 3510. The second-order valence-electron chi connectivity index (χ2n) is 20.8. The second kappa shape index (κ2) is 13.9. The average Bonchev–Trinajstić information content (AvgIpc) is 3.82. The van der Waals surface area contributed by atoms with Crippen molar-refractivity contribution in [3.05, 3.63) is 239 Å². The SMILES string of the molecule is CC1(C)C2=C(c3cc4c(cc31)-c1ccc(N(c3ccc5c(c3)C(C)(C)c3cc(-c6ccccc6)c6ccccc6c3-5)c3ccccc3-c3ccccc3)cc1C4(C)C)C1CC=CC=C1C=C2. The second-order valence-corrected chi connectivity index (χ2v) is 20.8. The number of rotatable bonds is 5. The van der Waals surface area contributed by atoms with Crippen molar-refractivity contribution in [2.45, 2.75) is 64.2 Å². The van der Waals surface area contributed by atoms with Crippen LogP contribution < -0.4 is 4.90 Å². The maximum Gasteiger partial charge on any atom is 0.0540 e. The van der Waals surface area contributed by atoms with Gasteiger partial charge in [-0.3, -0.25) is 0 Å². The van der Waals surface area contributed by atoms with Crippen molar-refractivity contribution in [2.24, 2.45) is 5.92 Å². The summed E-state index contributed by atoms with van der Waals surface area (Å²) < 4.78 is 0. The molecule has 0 spiro atoms. The van der Waals surface area contributed by atoms with Gasteiger partial charge in [-0.25, -0.2) is 0 Å². The molecule has 0 bridgehead atoms. The van der Waals surface area contributed by atoms with Crippen LogP contribution in [0.2, 0.25) is 0 Å². The third kappa shape index (κ3) is 5.41. The summed E-state index contributed by atoms with van der Waals surface area (Å²) in [7, 11) is 0. The Hall–Kier alpha value is -7.22. The zero-order valence-electron chi connectivity index (χ0n) is 38.7. The first-order valence-electron chi connectivity index (χ1n) is 23.9. The van der Waals surface area contributed by atoms with E-state index in [0.29, 0.717) is 5.92 Å². The Morgan fingerprint density at radius 1 is 0.439 bits per heavy atom. The lowest BCUT2D eigenvalue weighted by Crippen LogP contribution is -2.19. The van der Waals surface area contributed by atoms with Gasteiger partial charge in [0, 0.05) is 39.1 Å². The normalized spacial score (nSPS) is 18.2. The van der Waals surface area contributed by atoms with Crippen LogP contribution in [0.1, 0.15) is 81.3 Å². The zero-order chi connectivity index (χ0) is 44.7. The number of hydrogen-bond acceptors (Lipinski definition) is 1. The van der Waals surface area contributed by atoms with E-state index in [4.69, 9.17) is 0 Å². The lowest BCUT2D eigenvalue weighted by atomic mass is 9.75. The molecule has 0 N–H and O–H groups in total. The van der Waals surface area contributed by atoms with Gasteiger partial charge in [0.25, 0.3) is 0 Å². The van der Waals surface area contributed by atoms with E-state index in [9.17, 15) is 0 Å². The zero-order valence-corrected chi connectivity index (χ0v) is 38.7. The van der Waals surface area contributed by atoms with Gasteiger partial charge in [-0.2, -0.15) is 0 Å². The highest BCUT2D eigenvalue weighted by atomic mass is 15.1. The molecule has 0 aromatic heterocycles. The number of nitrogens with zero attached hydrogens (tertiary/aromatic N) is 1. The van der Waals surface area contributed by atoms with E-state index in [0.717, 1.165) is 17.8 Å². The van der Waals surface area contributed by atoms with Crippen LogP contribution in [0.4, 0.5) is 17.1 Å². The molecule has 0 radical (unpaired) electrons. The van der Waals surface area contributed by atoms with E-state index < -0.39 is 0 Å². The molecule has 1 nitrogen and oxygen atoms in total. The van der Waals surface area contributed by atoms with E-state index in [1.807, 2.05) is 0 Å². The molecular weight excluding hydrogens is 795 g/mol. The van der Waals surface area contributed by atoms with Crippen LogP contribution in [0.15, 0.2) is 205 Å². The summed E-state index contributed by atoms with van der Waals surface area (Å²) in [5.74, 6) is 0.417. The Kier molecular flexibility index (Phi) is 8.25. The van der Waals surface area contributed by atoms with E-state index in [1.165, 1.54) is 111 Å². The van der Waals surface area contributed by atoms with Crippen LogP contribution in [0, 0.1) is 5.92 Å². The van der Waals surface area contributed by atoms with Gasteiger partial charge in [-0.05, 0) is 155 Å². The third-order valence-electron chi connectivity index (χ3n) is 16.2. The van der Waals surface area contributed by atoms with Crippen LogP contribution >= 0.6 is 0 Å². The maximum absolute atomic E-state index is 2.60. The quantitative estimate of drug-likeness (QED) is 0.167. The van der Waals surface area contributed by atoms with Gasteiger partial charge < -0.3 is 4.90 Å². The van der Waals surface area contributed by atoms with E-state index in [1.54, 1.807) is 0 Å². The van der Waals surface area contributed by atoms with Gasteiger partial charge in [0.2, 0.25) is 0 Å². The lowest BCUT2D eigenvalue weighted by Gasteiger charge is -2.31. The summed E-state index contributed by atoms with van der Waals surface area (Å²) in [4.78, 5) is 2.54. The number of hydrogen-bond donors (Lipinski definition) is 0. The molecule has 1 atom stereocenters. The van der Waals surface area contributed by atoms with Crippen LogP contribution in [0.3, 0.4) is 0 Å². The molecule has 5 aliphatic rings. The van der Waals surface area contributed by atoms with Gasteiger partial charge in [-0.1, -0.05) is 187 Å². The van der Waals surface area contributed by atoms with Crippen LogP contribution in [0.5, 0.6) is 0 Å². The Morgan fingerprint density at radius 3 is 1.74 bits per heavy atom. The number of fused-ring (bicyclic) bond motifs is 12. The van der Waals surface area contributed by atoms with Crippen LogP contribution in [-0.4, -0.2) is 0 Å². The highest BCUT2D eigenvalue weighted by molar-refractivity contribution is 6.09. The van der Waals surface area contributed by atoms with Crippen molar-refractivity contribution in [1.82, 2.24) is 0 Å². The fourth-order valence-electron chi connectivity index (χ4n) is 12.8. The first kappa shape index (κ1) is 39.2. The third-order valence-corrected chi connectivity index (χ3v) is 16.2. The van der Waals surface area contributed by atoms with Crippen molar-refractivity contribution >= 4 is 33.4 Å². The van der Waals surface area contributed by atoms with Crippen molar-refractivity contribution in [3.8, 4) is 44.5 Å². The Morgan fingerprint density at radius 2 is 1.00 bits per heavy atom. The number of allylic oxidation sites excluding steroid dienone is 8. The highest BCUT2D eigenvalue weighted by Gasteiger charge is 2.45. The van der Waals surface area contributed by atoms with Crippen molar-refractivity contribution in [2.75, 3.05) is 4.90 Å². The molecule has 0 fully saturated rings. The molecule has 0 amide bonds. The Labute approximate surface area is 389 Å². The minimum atomic E-state index is -0.234. The molecule has 0 saturated heterocycles. The van der Waals surface area contributed by atoms with Crippen molar-refractivity contribution in [1.29, 1.82) is 0 Å². The Balaban J connectivity index is 0.984. The van der Waals surface area contributed by atoms with E-state index in [-0.39, 0.29) is 16.2 Å². The van der Waals surface area contributed by atoms with E-state index >= 15 is 0 Å². The summed E-state index contributed by atoms with van der Waals surface area (Å²) in [6.45, 7) is 14.6. The summed E-state index contributed by atoms with van der Waals surface area (Å²) in [6.07, 6.45) is 12.8. The molecule has 5 aliphatic carbocycles. The first-order valence-corrected chi connectivity index (χ1v) is 23.9. The van der Waals surface area contributed by atoms with Gasteiger partial charge in [0.1, 0.15) is 0 Å². The largest absolute Gasteiger partial charge is 0.310 e. The van der Waals surface area contributed by atoms with E-state index in [2.05, 4.69) is 241 Å². The predicted molar refractivity (Wildman–Crippen MR) is 279 cm³/mol. The standard InChI is InChI=1S/C65H53N/c1-63(2)54-34-29-42-23-13-14-25-46(42)61(54)53-39-57-52(38-58(53)63)48-32-30-43(35-55(48)64(57,3)4)66(60-28-18-17-24-45(60)40-19-9-7-10-20-40)44-31-33-50-56(36-44)65(5,6)59-37-51(41-21-11-8-12-22-41)47-26-15-16-27-49(47)62(50)59/h7-24,26-39,46H,25H2,1-6H3. The summed E-state index contributed by atoms with van der Waals surface area (Å²) in [5.41, 5.74) is 26.3. The fourth-order valence-corrected chi connectivity index (χ4v) is 12.8. The average molecular weight is 848 g/mol. The molecule has 66 heavy (non-hydrogen) atoms. The molecule has 8 aromatic carbocycles. The molecule has 318 valence electrons. The molecule has 1 heteroatoms. The molecule has 13 rings (SSSR count). The predicted octanol–water partition coefficient (Wildman–Crippen LogP) is 17.4. The number of para-hydroxylation sites is 1. The number of benzene rings is 8. The van der Waals surface area contributed by atoms with Gasteiger partial charge in [0.15, 0.2) is 0 Å². The molecule has 0 heterocycles. The highest BCUT2D eigenvalue weighted by Crippen LogP contribution is 2.60. The van der Waals surface area contributed by atoms with Crippen molar-refractivity contribution < 1.29 is 0 Å². The first-order chi connectivity index (χ1) is 32.0. The molecule has 1 unspecified atom stereocenters.